The first-order valence-corrected chi connectivity index (χ1v) is 8.71. The lowest BCUT2D eigenvalue weighted by atomic mass is 9.88. The highest BCUT2D eigenvalue weighted by molar-refractivity contribution is 5.91. The molecule has 0 aromatic rings. The molecule has 4 rings (SSSR count). The highest BCUT2D eigenvalue weighted by Gasteiger charge is 2.45. The summed E-state index contributed by atoms with van der Waals surface area (Å²) < 4.78 is 0. The lowest BCUT2D eigenvalue weighted by Crippen LogP contribution is -2.49. The van der Waals surface area contributed by atoms with Gasteiger partial charge < -0.3 is 10.2 Å². The van der Waals surface area contributed by atoms with E-state index in [1.54, 1.807) is 0 Å². The summed E-state index contributed by atoms with van der Waals surface area (Å²) in [6.07, 6.45) is 8.08. The van der Waals surface area contributed by atoms with Crippen LogP contribution in [0, 0.1) is 23.7 Å². The van der Waals surface area contributed by atoms with Crippen LogP contribution >= 0.6 is 0 Å². The Labute approximate surface area is 126 Å². The summed E-state index contributed by atoms with van der Waals surface area (Å²) in [5.74, 6) is 3.08. The van der Waals surface area contributed by atoms with Crippen LogP contribution in [0.3, 0.4) is 0 Å². The van der Waals surface area contributed by atoms with Gasteiger partial charge in [0.2, 0.25) is 11.8 Å². The maximum atomic E-state index is 12.9. The summed E-state index contributed by atoms with van der Waals surface area (Å²) >= 11 is 0. The topological polar surface area (TPSA) is 49.4 Å². The van der Waals surface area contributed by atoms with Gasteiger partial charge in [0, 0.05) is 19.0 Å². The van der Waals surface area contributed by atoms with Crippen LogP contribution in [0.4, 0.5) is 0 Å². The van der Waals surface area contributed by atoms with Gasteiger partial charge in [-0.2, -0.15) is 0 Å². The van der Waals surface area contributed by atoms with Gasteiger partial charge in [0.05, 0.1) is 0 Å². The molecule has 3 saturated carbocycles. The molecule has 2 bridgehead atoms. The highest BCUT2D eigenvalue weighted by atomic mass is 16.2. The van der Waals surface area contributed by atoms with Crippen molar-refractivity contribution in [1.29, 1.82) is 0 Å². The third-order valence-corrected chi connectivity index (χ3v) is 6.29. The molecule has 4 nitrogen and oxygen atoms in total. The van der Waals surface area contributed by atoms with Gasteiger partial charge >= 0.3 is 0 Å². The Morgan fingerprint density at radius 3 is 2.48 bits per heavy atom. The van der Waals surface area contributed by atoms with E-state index in [0.717, 1.165) is 31.2 Å². The average Bonchev–Trinajstić information content (AvgIpc) is 3.10. The van der Waals surface area contributed by atoms with Gasteiger partial charge in [0.25, 0.3) is 0 Å². The number of amides is 2. The Bertz CT molecular complexity index is 460. The lowest BCUT2D eigenvalue weighted by Gasteiger charge is -2.34. The SMILES string of the molecule is CC1CC(=O)NC(C2CC2)C(=O)N1CC1CC2CCC1C2. The van der Waals surface area contributed by atoms with Gasteiger partial charge in [0.15, 0.2) is 0 Å². The Kier molecular flexibility index (Phi) is 3.23. The van der Waals surface area contributed by atoms with Crippen molar-refractivity contribution >= 4 is 11.8 Å². The summed E-state index contributed by atoms with van der Waals surface area (Å²) in [5, 5.41) is 2.98. The van der Waals surface area contributed by atoms with Crippen LogP contribution in [-0.2, 0) is 9.59 Å². The average molecular weight is 290 g/mol. The summed E-state index contributed by atoms with van der Waals surface area (Å²) in [5.41, 5.74) is 0. The predicted octanol–water partition coefficient (Wildman–Crippen LogP) is 1.94. The van der Waals surface area contributed by atoms with Gasteiger partial charge in [-0.15, -0.1) is 0 Å². The fraction of sp³-hybridized carbons (Fsp3) is 0.882. The Balaban J connectivity index is 1.50. The molecule has 1 aliphatic heterocycles. The van der Waals surface area contributed by atoms with E-state index in [9.17, 15) is 9.59 Å². The second kappa shape index (κ2) is 4.99. The molecule has 0 radical (unpaired) electrons. The van der Waals surface area contributed by atoms with E-state index in [0.29, 0.717) is 18.3 Å². The molecule has 2 amide bonds. The van der Waals surface area contributed by atoms with E-state index in [2.05, 4.69) is 5.32 Å². The van der Waals surface area contributed by atoms with Crippen molar-refractivity contribution in [1.82, 2.24) is 10.2 Å². The molecule has 4 heteroatoms. The molecule has 0 aromatic heterocycles. The van der Waals surface area contributed by atoms with Crippen LogP contribution in [0.25, 0.3) is 0 Å². The maximum absolute atomic E-state index is 12.9. The maximum Gasteiger partial charge on any atom is 0.245 e. The van der Waals surface area contributed by atoms with Crippen molar-refractivity contribution in [2.45, 2.75) is 64.0 Å². The predicted molar refractivity (Wildman–Crippen MR) is 79.4 cm³/mol. The molecule has 3 aliphatic carbocycles. The van der Waals surface area contributed by atoms with Crippen LogP contribution < -0.4 is 5.32 Å². The molecule has 5 unspecified atom stereocenters. The van der Waals surface area contributed by atoms with Crippen molar-refractivity contribution in [3.63, 3.8) is 0 Å². The monoisotopic (exact) mass is 290 g/mol. The van der Waals surface area contributed by atoms with E-state index in [1.165, 1.54) is 25.7 Å². The van der Waals surface area contributed by atoms with E-state index >= 15 is 0 Å². The molecule has 5 atom stereocenters. The van der Waals surface area contributed by atoms with Gasteiger partial charge in [-0.1, -0.05) is 6.42 Å². The van der Waals surface area contributed by atoms with Gasteiger partial charge in [-0.3, -0.25) is 9.59 Å². The van der Waals surface area contributed by atoms with Crippen LogP contribution in [0.5, 0.6) is 0 Å². The molecule has 21 heavy (non-hydrogen) atoms. The first-order chi connectivity index (χ1) is 10.1. The molecule has 1 heterocycles. The Morgan fingerprint density at radius 2 is 1.86 bits per heavy atom. The quantitative estimate of drug-likeness (QED) is 0.863. The number of hydrogen-bond donors (Lipinski definition) is 1. The third kappa shape index (κ3) is 2.47. The summed E-state index contributed by atoms with van der Waals surface area (Å²) in [6.45, 7) is 2.93. The molecule has 1 saturated heterocycles. The number of carbonyl (C=O) groups is 2. The zero-order valence-corrected chi connectivity index (χ0v) is 12.9. The molecular weight excluding hydrogens is 264 g/mol. The van der Waals surface area contributed by atoms with Crippen LogP contribution in [0.2, 0.25) is 0 Å². The largest absolute Gasteiger partial charge is 0.344 e. The third-order valence-electron chi connectivity index (χ3n) is 6.29. The second-order valence-electron chi connectivity index (χ2n) is 7.86. The van der Waals surface area contributed by atoms with Crippen molar-refractivity contribution in [3.8, 4) is 0 Å². The van der Waals surface area contributed by atoms with E-state index in [1.807, 2.05) is 11.8 Å². The Morgan fingerprint density at radius 1 is 1.10 bits per heavy atom. The lowest BCUT2D eigenvalue weighted by molar-refractivity contribution is -0.136. The van der Waals surface area contributed by atoms with Gasteiger partial charge in [0.1, 0.15) is 6.04 Å². The first kappa shape index (κ1) is 13.6. The van der Waals surface area contributed by atoms with Crippen molar-refractivity contribution in [3.05, 3.63) is 0 Å². The van der Waals surface area contributed by atoms with Crippen molar-refractivity contribution < 1.29 is 9.59 Å². The standard InChI is InChI=1S/C17H26N2O2/c1-10-6-15(20)18-16(12-4-5-12)17(21)19(10)9-14-8-11-2-3-13(14)7-11/h10-14,16H,2-9H2,1H3,(H,18,20). The first-order valence-electron chi connectivity index (χ1n) is 8.71. The zero-order chi connectivity index (χ0) is 14.6. The normalized spacial score (nSPS) is 43.1. The summed E-state index contributed by atoms with van der Waals surface area (Å²) in [7, 11) is 0. The number of carbonyl (C=O) groups excluding carboxylic acids is 2. The molecule has 116 valence electrons. The minimum absolute atomic E-state index is 0.0559. The van der Waals surface area contributed by atoms with Crippen LogP contribution in [0.15, 0.2) is 0 Å². The van der Waals surface area contributed by atoms with Gasteiger partial charge in [-0.05, 0) is 62.7 Å². The molecule has 1 N–H and O–H groups in total. The van der Waals surface area contributed by atoms with Crippen molar-refractivity contribution in [2.75, 3.05) is 6.54 Å². The highest BCUT2D eigenvalue weighted by Crippen LogP contribution is 2.48. The van der Waals surface area contributed by atoms with Crippen molar-refractivity contribution in [2.24, 2.45) is 23.7 Å². The molecule has 0 aromatic carbocycles. The summed E-state index contributed by atoms with van der Waals surface area (Å²) in [6, 6.07) is -0.179. The molecule has 0 spiro atoms. The number of nitrogens with one attached hydrogen (secondary N) is 1. The molecular formula is C17H26N2O2. The fourth-order valence-electron chi connectivity index (χ4n) is 4.94. The minimum atomic E-state index is -0.235. The number of fused-ring (bicyclic) bond motifs is 2. The zero-order valence-electron chi connectivity index (χ0n) is 12.9. The van der Waals surface area contributed by atoms with Crippen LogP contribution in [-0.4, -0.2) is 35.3 Å². The number of hydrogen-bond acceptors (Lipinski definition) is 2. The number of nitrogens with zero attached hydrogens (tertiary/aromatic N) is 1. The summed E-state index contributed by atoms with van der Waals surface area (Å²) in [4.78, 5) is 26.9. The van der Waals surface area contributed by atoms with Crippen LogP contribution in [0.1, 0.15) is 51.9 Å². The smallest absolute Gasteiger partial charge is 0.245 e. The van der Waals surface area contributed by atoms with E-state index < -0.39 is 0 Å². The molecule has 4 fully saturated rings. The van der Waals surface area contributed by atoms with Gasteiger partial charge in [-0.25, -0.2) is 0 Å². The number of rotatable bonds is 3. The minimum Gasteiger partial charge on any atom is -0.344 e. The molecule has 4 aliphatic rings. The second-order valence-corrected chi connectivity index (χ2v) is 7.86. The van der Waals surface area contributed by atoms with E-state index in [-0.39, 0.29) is 23.9 Å². The van der Waals surface area contributed by atoms with E-state index in [4.69, 9.17) is 0 Å². The Hall–Kier alpha value is -1.06. The fourth-order valence-corrected chi connectivity index (χ4v) is 4.94.